The van der Waals surface area contributed by atoms with E-state index in [4.69, 9.17) is 5.11 Å². The van der Waals surface area contributed by atoms with Crippen LogP contribution in [0.5, 0.6) is 0 Å². The molecule has 2 N–H and O–H groups in total. The van der Waals surface area contributed by atoms with Crippen molar-refractivity contribution in [1.82, 2.24) is 0 Å². The lowest BCUT2D eigenvalue weighted by Crippen LogP contribution is -2.55. The van der Waals surface area contributed by atoms with Crippen molar-refractivity contribution in [1.29, 1.82) is 0 Å². The van der Waals surface area contributed by atoms with Gasteiger partial charge in [0.1, 0.15) is 0 Å². The molecule has 3 fully saturated rings. The van der Waals surface area contributed by atoms with Crippen molar-refractivity contribution in [3.8, 4) is 0 Å². The summed E-state index contributed by atoms with van der Waals surface area (Å²) >= 11 is 1.42. The lowest BCUT2D eigenvalue weighted by atomic mass is 9.50. The van der Waals surface area contributed by atoms with E-state index >= 15 is 0 Å². The summed E-state index contributed by atoms with van der Waals surface area (Å²) in [6, 6.07) is 0. The van der Waals surface area contributed by atoms with Gasteiger partial charge >= 0.3 is 5.97 Å². The Morgan fingerprint density at radius 2 is 2.00 bits per heavy atom. The molecule has 4 aliphatic carbocycles. The summed E-state index contributed by atoms with van der Waals surface area (Å²) in [5.74, 6) is 0.890. The largest absolute Gasteiger partial charge is 0.481 e. The van der Waals surface area contributed by atoms with Crippen molar-refractivity contribution < 1.29 is 24.6 Å². The van der Waals surface area contributed by atoms with Crippen molar-refractivity contribution in [2.75, 3.05) is 0 Å². The molecular weight excluding hydrogens is 388 g/mol. The number of aliphatic carboxylic acids is 1. The Morgan fingerprint density at radius 3 is 2.69 bits per heavy atom. The lowest BCUT2D eigenvalue weighted by molar-refractivity contribution is -0.144. The van der Waals surface area contributed by atoms with E-state index in [9.17, 15) is 19.5 Å². The van der Waals surface area contributed by atoms with Crippen LogP contribution in [0, 0.1) is 29.1 Å². The van der Waals surface area contributed by atoms with Gasteiger partial charge < -0.3 is 10.2 Å². The van der Waals surface area contributed by atoms with Crippen molar-refractivity contribution in [2.24, 2.45) is 29.1 Å². The fraction of sp³-hybridized carbons (Fsp3) is 0.783. The second kappa shape index (κ2) is 7.52. The van der Waals surface area contributed by atoms with Crippen LogP contribution < -0.4 is 0 Å². The summed E-state index contributed by atoms with van der Waals surface area (Å²) in [6.07, 6.45) is 7.90. The zero-order valence-corrected chi connectivity index (χ0v) is 18.2. The number of hydrogen-bond donors (Lipinski definition) is 2. The van der Waals surface area contributed by atoms with Crippen LogP contribution in [0.15, 0.2) is 11.6 Å². The number of ketones is 1. The van der Waals surface area contributed by atoms with Crippen LogP contribution in [-0.2, 0) is 14.4 Å². The van der Waals surface area contributed by atoms with Gasteiger partial charge in [0, 0.05) is 25.0 Å². The molecule has 0 aromatic heterocycles. The Bertz CT molecular complexity index is 760. The molecule has 0 saturated heterocycles. The van der Waals surface area contributed by atoms with E-state index in [0.29, 0.717) is 42.9 Å². The minimum Gasteiger partial charge on any atom is -0.481 e. The zero-order chi connectivity index (χ0) is 21.0. The number of carboxylic acids is 1. The van der Waals surface area contributed by atoms with E-state index < -0.39 is 11.6 Å². The molecule has 5 nitrogen and oxygen atoms in total. The van der Waals surface area contributed by atoms with Crippen LogP contribution in [0.2, 0.25) is 0 Å². The molecule has 0 amide bonds. The average molecular weight is 421 g/mol. The SMILES string of the molecule is CC(=O)SC1CC2=CC(=O)CC[C@@H]2[C@H]2CC[C@@]3(C)[C@@H](CCC3(O)CCC(=O)O)[C@H]12. The van der Waals surface area contributed by atoms with Crippen LogP contribution in [0.3, 0.4) is 0 Å². The van der Waals surface area contributed by atoms with Gasteiger partial charge in [-0.25, -0.2) is 0 Å². The molecule has 0 aromatic carbocycles. The molecule has 6 heteroatoms. The summed E-state index contributed by atoms with van der Waals surface area (Å²) in [5, 5.41) is 21.0. The standard InChI is InChI=1S/C23H32O5S/c1-13(24)29-19-12-14-11-15(25)3-4-16(14)17-5-8-22(2)18(21(17)19)6-9-23(22,28)10-7-20(26)27/h11,16-19,21,28H,3-10,12H2,1-2H3,(H,26,27)/t16-,17+,18-,19?,21+,22-,23?/m0/s1. The van der Waals surface area contributed by atoms with E-state index in [-0.39, 0.29) is 28.0 Å². The normalized spacial score (nSPS) is 43.8. The van der Waals surface area contributed by atoms with Gasteiger partial charge in [-0.3, -0.25) is 14.4 Å². The highest BCUT2D eigenvalue weighted by atomic mass is 32.2. The minimum absolute atomic E-state index is 0.00382. The number of carbonyl (C=O) groups is 3. The van der Waals surface area contributed by atoms with Gasteiger partial charge in [-0.1, -0.05) is 24.3 Å². The third-order valence-corrected chi connectivity index (χ3v) is 9.80. The van der Waals surface area contributed by atoms with Gasteiger partial charge in [-0.15, -0.1) is 0 Å². The molecule has 0 spiro atoms. The topological polar surface area (TPSA) is 91.7 Å². The summed E-state index contributed by atoms with van der Waals surface area (Å²) in [7, 11) is 0. The van der Waals surface area contributed by atoms with Gasteiger partial charge in [0.15, 0.2) is 10.9 Å². The first-order valence-corrected chi connectivity index (χ1v) is 11.9. The van der Waals surface area contributed by atoms with E-state index in [0.717, 1.165) is 32.1 Å². The quantitative estimate of drug-likeness (QED) is 0.715. The maximum atomic E-state index is 12.0. The Morgan fingerprint density at radius 1 is 1.24 bits per heavy atom. The highest BCUT2D eigenvalue weighted by Crippen LogP contribution is 2.66. The van der Waals surface area contributed by atoms with E-state index in [1.807, 2.05) is 6.08 Å². The van der Waals surface area contributed by atoms with Crippen molar-refractivity contribution in [2.45, 2.75) is 82.5 Å². The van der Waals surface area contributed by atoms with Crippen molar-refractivity contribution >= 4 is 28.6 Å². The molecule has 4 aliphatic rings. The molecule has 4 rings (SSSR count). The first-order chi connectivity index (χ1) is 13.6. The zero-order valence-electron chi connectivity index (χ0n) is 17.4. The predicted molar refractivity (Wildman–Crippen MR) is 111 cm³/mol. The highest BCUT2D eigenvalue weighted by Gasteiger charge is 2.63. The second-order valence-electron chi connectivity index (χ2n) is 9.95. The first kappa shape index (κ1) is 21.1. The first-order valence-electron chi connectivity index (χ1n) is 11.0. The number of hydrogen-bond acceptors (Lipinski definition) is 5. The Labute approximate surface area is 176 Å². The molecule has 0 heterocycles. The van der Waals surface area contributed by atoms with Crippen LogP contribution in [-0.4, -0.2) is 37.9 Å². The van der Waals surface area contributed by atoms with Gasteiger partial charge in [-0.05, 0) is 80.1 Å². The highest BCUT2D eigenvalue weighted by molar-refractivity contribution is 8.14. The smallest absolute Gasteiger partial charge is 0.303 e. The average Bonchev–Trinajstić information content (AvgIpc) is 2.91. The molecule has 29 heavy (non-hydrogen) atoms. The van der Waals surface area contributed by atoms with Crippen LogP contribution >= 0.6 is 11.8 Å². The second-order valence-corrected chi connectivity index (χ2v) is 11.4. The van der Waals surface area contributed by atoms with Gasteiger partial charge in [0.25, 0.3) is 0 Å². The Hall–Kier alpha value is -1.14. The Balaban J connectivity index is 1.67. The molecule has 7 atom stereocenters. The van der Waals surface area contributed by atoms with E-state index in [2.05, 4.69) is 6.92 Å². The van der Waals surface area contributed by atoms with Crippen LogP contribution in [0.4, 0.5) is 0 Å². The van der Waals surface area contributed by atoms with Gasteiger partial charge in [0.2, 0.25) is 0 Å². The number of rotatable bonds is 4. The van der Waals surface area contributed by atoms with E-state index in [1.54, 1.807) is 6.92 Å². The maximum absolute atomic E-state index is 12.0. The number of carbonyl (C=O) groups excluding carboxylic acids is 2. The number of allylic oxidation sites excluding steroid dienone is 1. The van der Waals surface area contributed by atoms with E-state index in [1.165, 1.54) is 17.3 Å². The molecule has 0 aromatic rings. The fourth-order valence-electron chi connectivity index (χ4n) is 7.33. The number of aliphatic hydroxyl groups is 1. The third-order valence-electron chi connectivity index (χ3n) is 8.68. The molecule has 160 valence electrons. The monoisotopic (exact) mass is 420 g/mol. The minimum atomic E-state index is -0.939. The summed E-state index contributed by atoms with van der Waals surface area (Å²) in [6.45, 7) is 3.78. The van der Waals surface area contributed by atoms with Gasteiger partial charge in [-0.2, -0.15) is 0 Å². The number of thioether (sulfide) groups is 1. The molecule has 0 bridgehead atoms. The van der Waals surface area contributed by atoms with Crippen molar-refractivity contribution in [3.63, 3.8) is 0 Å². The number of fused-ring (bicyclic) bond motifs is 5. The molecule has 0 aliphatic heterocycles. The van der Waals surface area contributed by atoms with Crippen LogP contribution in [0.25, 0.3) is 0 Å². The number of carboxylic acid groups (broad SMARTS) is 1. The third kappa shape index (κ3) is 3.50. The van der Waals surface area contributed by atoms with Gasteiger partial charge in [0.05, 0.1) is 5.60 Å². The molecule has 0 radical (unpaired) electrons. The molecule has 3 saturated carbocycles. The lowest BCUT2D eigenvalue weighted by Gasteiger charge is -2.57. The summed E-state index contributed by atoms with van der Waals surface area (Å²) in [5.41, 5.74) is -0.000241. The van der Waals surface area contributed by atoms with Crippen molar-refractivity contribution in [3.05, 3.63) is 11.6 Å². The predicted octanol–water partition coefficient (Wildman–Crippen LogP) is 3.98. The Kier molecular flexibility index (Phi) is 5.48. The summed E-state index contributed by atoms with van der Waals surface area (Å²) < 4.78 is 0. The summed E-state index contributed by atoms with van der Waals surface area (Å²) in [4.78, 5) is 35.2. The van der Waals surface area contributed by atoms with Crippen LogP contribution in [0.1, 0.15) is 71.6 Å². The maximum Gasteiger partial charge on any atom is 0.303 e. The molecular formula is C23H32O5S. The fourth-order valence-corrected chi connectivity index (χ4v) is 8.59. The molecule has 2 unspecified atom stereocenters.